The van der Waals surface area contributed by atoms with E-state index in [1.165, 1.54) is 24.5 Å². The number of nitro benzene ring substituents is 1. The van der Waals surface area contributed by atoms with Crippen LogP contribution in [0, 0.1) is 10.1 Å². The van der Waals surface area contributed by atoms with E-state index in [0.29, 0.717) is 0 Å². The van der Waals surface area contributed by atoms with Gasteiger partial charge in [-0.15, -0.1) is 0 Å². The number of nitrogens with one attached hydrogen (secondary N) is 1. The number of hydrogen-bond acceptors (Lipinski definition) is 7. The first-order chi connectivity index (χ1) is 10.5. The molecule has 0 spiro atoms. The summed E-state index contributed by atoms with van der Waals surface area (Å²) in [4.78, 5) is 30.0. The number of benzene rings is 1. The second-order valence-electron chi connectivity index (χ2n) is 4.03. The highest BCUT2D eigenvalue weighted by Gasteiger charge is 2.19. The van der Waals surface area contributed by atoms with Crippen molar-refractivity contribution in [2.45, 2.75) is 6.92 Å². The minimum atomic E-state index is -0.630. The minimum Gasteiger partial charge on any atom is -0.462 e. The fourth-order valence-corrected chi connectivity index (χ4v) is 1.81. The largest absolute Gasteiger partial charge is 0.462 e. The maximum absolute atomic E-state index is 11.6. The Morgan fingerprint density at radius 2 is 2.14 bits per heavy atom. The van der Waals surface area contributed by atoms with Gasteiger partial charge in [0.1, 0.15) is 5.69 Å². The number of nitro groups is 1. The van der Waals surface area contributed by atoms with E-state index in [0.717, 1.165) is 6.07 Å². The summed E-state index contributed by atoms with van der Waals surface area (Å²) in [7, 11) is 0. The molecule has 0 atom stereocenters. The van der Waals surface area contributed by atoms with Crippen LogP contribution < -0.4 is 5.32 Å². The zero-order valence-electron chi connectivity index (χ0n) is 11.4. The van der Waals surface area contributed by atoms with Crippen molar-refractivity contribution in [2.75, 3.05) is 11.9 Å². The van der Waals surface area contributed by atoms with Crippen molar-refractivity contribution in [2.24, 2.45) is 0 Å². The third-order valence-electron chi connectivity index (χ3n) is 2.61. The minimum absolute atomic E-state index is 0.0752. The van der Waals surface area contributed by atoms with Gasteiger partial charge in [-0.2, -0.15) is 0 Å². The molecule has 1 N–H and O–H groups in total. The summed E-state index contributed by atoms with van der Waals surface area (Å²) in [6, 6.07) is 3.93. The third-order valence-corrected chi connectivity index (χ3v) is 2.89. The molecule has 22 heavy (non-hydrogen) atoms. The van der Waals surface area contributed by atoms with Crippen LogP contribution in [0.5, 0.6) is 0 Å². The molecule has 1 aromatic carbocycles. The summed E-state index contributed by atoms with van der Waals surface area (Å²) >= 11 is 5.85. The Morgan fingerprint density at radius 1 is 1.41 bits per heavy atom. The average Bonchev–Trinajstić information content (AvgIpc) is 2.50. The molecule has 0 aliphatic rings. The molecule has 0 bridgehead atoms. The van der Waals surface area contributed by atoms with E-state index in [1.54, 1.807) is 6.92 Å². The lowest BCUT2D eigenvalue weighted by Gasteiger charge is -2.08. The second kappa shape index (κ2) is 6.81. The Labute approximate surface area is 130 Å². The van der Waals surface area contributed by atoms with Crippen molar-refractivity contribution >= 4 is 34.8 Å². The first-order valence-electron chi connectivity index (χ1n) is 6.22. The topological polar surface area (TPSA) is 107 Å². The first-order valence-corrected chi connectivity index (χ1v) is 6.59. The van der Waals surface area contributed by atoms with Gasteiger partial charge < -0.3 is 10.1 Å². The molecule has 114 valence electrons. The van der Waals surface area contributed by atoms with Crippen LogP contribution in [-0.4, -0.2) is 27.5 Å². The van der Waals surface area contributed by atoms with Crippen molar-refractivity contribution in [3.63, 3.8) is 0 Å². The van der Waals surface area contributed by atoms with Crippen molar-refractivity contribution in [3.05, 3.63) is 51.4 Å². The van der Waals surface area contributed by atoms with E-state index in [4.69, 9.17) is 16.3 Å². The van der Waals surface area contributed by atoms with Gasteiger partial charge in [0.25, 0.3) is 5.69 Å². The number of anilines is 2. The lowest BCUT2D eigenvalue weighted by Crippen LogP contribution is -2.06. The van der Waals surface area contributed by atoms with Gasteiger partial charge in [-0.05, 0) is 19.1 Å². The summed E-state index contributed by atoms with van der Waals surface area (Å²) in [5.41, 5.74) is -0.0722. The second-order valence-corrected chi connectivity index (χ2v) is 4.39. The quantitative estimate of drug-likeness (QED) is 0.512. The Morgan fingerprint density at radius 3 is 2.77 bits per heavy atom. The van der Waals surface area contributed by atoms with E-state index >= 15 is 0 Å². The number of halogens is 1. The Hall–Kier alpha value is -2.74. The molecule has 2 rings (SSSR count). The Balaban J connectivity index is 2.38. The van der Waals surface area contributed by atoms with Crippen molar-refractivity contribution in [3.8, 4) is 0 Å². The molecule has 0 saturated carbocycles. The van der Waals surface area contributed by atoms with E-state index in [9.17, 15) is 14.9 Å². The van der Waals surface area contributed by atoms with Crippen molar-refractivity contribution in [1.29, 1.82) is 0 Å². The van der Waals surface area contributed by atoms with Gasteiger partial charge in [0.2, 0.25) is 0 Å². The normalized spacial score (nSPS) is 10.1. The SMILES string of the molecule is CCOC(=O)c1ccc(Nc2nccnc2Cl)c([N+](=O)[O-])c1. The predicted molar refractivity (Wildman–Crippen MR) is 79.4 cm³/mol. The Bertz CT molecular complexity index is 723. The number of carbonyl (C=O) groups is 1. The van der Waals surface area contributed by atoms with Crippen LogP contribution in [0.3, 0.4) is 0 Å². The summed E-state index contributed by atoms with van der Waals surface area (Å²) in [6.45, 7) is 1.83. The zero-order chi connectivity index (χ0) is 16.1. The van der Waals surface area contributed by atoms with Crippen LogP contribution in [0.1, 0.15) is 17.3 Å². The highest BCUT2D eigenvalue weighted by molar-refractivity contribution is 6.31. The molecule has 1 heterocycles. The maximum Gasteiger partial charge on any atom is 0.338 e. The molecular weight excluding hydrogens is 312 g/mol. The highest BCUT2D eigenvalue weighted by atomic mass is 35.5. The van der Waals surface area contributed by atoms with Crippen LogP contribution in [0.15, 0.2) is 30.6 Å². The van der Waals surface area contributed by atoms with E-state index in [2.05, 4.69) is 15.3 Å². The van der Waals surface area contributed by atoms with Gasteiger partial charge in [-0.3, -0.25) is 10.1 Å². The van der Waals surface area contributed by atoms with Crippen molar-refractivity contribution in [1.82, 2.24) is 9.97 Å². The molecule has 0 radical (unpaired) electrons. The standard InChI is InChI=1S/C13H11ClN4O4/c1-2-22-13(19)8-3-4-9(10(7-8)18(20)21)17-12-11(14)15-5-6-16-12/h3-7H,2H2,1H3,(H,16,17). The van der Waals surface area contributed by atoms with Crippen LogP contribution in [-0.2, 0) is 4.74 Å². The van der Waals surface area contributed by atoms with E-state index in [1.807, 2.05) is 0 Å². The van der Waals surface area contributed by atoms with Gasteiger partial charge in [-0.1, -0.05) is 11.6 Å². The smallest absolute Gasteiger partial charge is 0.338 e. The number of nitrogens with zero attached hydrogens (tertiary/aromatic N) is 3. The lowest BCUT2D eigenvalue weighted by molar-refractivity contribution is -0.383. The molecule has 0 amide bonds. The molecule has 2 aromatic rings. The summed E-state index contributed by atoms with van der Waals surface area (Å²) in [5.74, 6) is -0.453. The monoisotopic (exact) mass is 322 g/mol. The molecule has 0 aliphatic heterocycles. The Kier molecular flexibility index (Phi) is 4.84. The molecule has 0 saturated heterocycles. The summed E-state index contributed by atoms with van der Waals surface area (Å²) in [6.07, 6.45) is 2.79. The molecule has 0 aliphatic carbocycles. The van der Waals surface area contributed by atoms with Gasteiger partial charge in [0, 0.05) is 18.5 Å². The van der Waals surface area contributed by atoms with Crippen molar-refractivity contribution < 1.29 is 14.5 Å². The van der Waals surface area contributed by atoms with Gasteiger partial charge in [0.15, 0.2) is 11.0 Å². The number of aromatic nitrogens is 2. The summed E-state index contributed by atoms with van der Waals surface area (Å²) in [5, 5.41) is 14.0. The van der Waals surface area contributed by atoms with Crippen LogP contribution in [0.2, 0.25) is 5.15 Å². The number of hydrogen-bond donors (Lipinski definition) is 1. The fraction of sp³-hybridized carbons (Fsp3) is 0.154. The van der Waals surface area contributed by atoms with Crippen LogP contribution >= 0.6 is 11.6 Å². The lowest BCUT2D eigenvalue weighted by atomic mass is 10.1. The van der Waals surface area contributed by atoms with Gasteiger partial charge in [-0.25, -0.2) is 14.8 Å². The molecule has 0 unspecified atom stereocenters. The van der Waals surface area contributed by atoms with E-state index < -0.39 is 10.9 Å². The molecule has 1 aromatic heterocycles. The fourth-order valence-electron chi connectivity index (χ4n) is 1.66. The molecule has 9 heteroatoms. The molecular formula is C13H11ClN4O4. The zero-order valence-corrected chi connectivity index (χ0v) is 12.2. The summed E-state index contributed by atoms with van der Waals surface area (Å²) < 4.78 is 4.81. The molecule has 8 nitrogen and oxygen atoms in total. The number of rotatable bonds is 5. The van der Waals surface area contributed by atoms with Gasteiger partial charge >= 0.3 is 5.97 Å². The predicted octanol–water partition coefficient (Wildman–Crippen LogP) is 2.96. The van der Waals surface area contributed by atoms with Crippen LogP contribution in [0.4, 0.5) is 17.2 Å². The third kappa shape index (κ3) is 3.47. The average molecular weight is 323 g/mol. The van der Waals surface area contributed by atoms with E-state index in [-0.39, 0.29) is 34.5 Å². The van der Waals surface area contributed by atoms with Crippen LogP contribution in [0.25, 0.3) is 0 Å². The highest BCUT2D eigenvalue weighted by Crippen LogP contribution is 2.30. The number of carbonyl (C=O) groups excluding carboxylic acids is 1. The first kappa shape index (κ1) is 15.6. The van der Waals surface area contributed by atoms with Gasteiger partial charge in [0.05, 0.1) is 17.1 Å². The number of esters is 1. The molecule has 0 fully saturated rings. The maximum atomic E-state index is 11.6. The number of ether oxygens (including phenoxy) is 1.